The first-order valence-electron chi connectivity index (χ1n) is 3.39. The molecule has 2 rings (SSSR count). The maximum Gasteiger partial charge on any atom is 0.234 e. The monoisotopic (exact) mass is 182 g/mol. The summed E-state index contributed by atoms with van der Waals surface area (Å²) in [4.78, 5) is 11.6. The molecule has 0 aliphatic carbocycles. The summed E-state index contributed by atoms with van der Waals surface area (Å²) in [6.45, 7) is 0. The SMILES string of the molecule is O=C1CSc2cc(F)[c]cc2N1. The van der Waals surface area contributed by atoms with Crippen LogP contribution in [0.25, 0.3) is 0 Å². The molecule has 1 radical (unpaired) electrons. The number of thioether (sulfide) groups is 1. The van der Waals surface area contributed by atoms with Crippen molar-refractivity contribution in [1.29, 1.82) is 0 Å². The number of hydrogen-bond donors (Lipinski definition) is 1. The smallest absolute Gasteiger partial charge is 0.234 e. The van der Waals surface area contributed by atoms with Crippen molar-refractivity contribution in [2.45, 2.75) is 4.90 Å². The van der Waals surface area contributed by atoms with E-state index >= 15 is 0 Å². The zero-order valence-corrected chi connectivity index (χ0v) is 6.87. The maximum absolute atomic E-state index is 12.6. The predicted molar refractivity (Wildman–Crippen MR) is 44.6 cm³/mol. The van der Waals surface area contributed by atoms with Crippen LogP contribution in [0, 0.1) is 11.9 Å². The van der Waals surface area contributed by atoms with E-state index in [2.05, 4.69) is 11.4 Å². The zero-order valence-electron chi connectivity index (χ0n) is 6.06. The van der Waals surface area contributed by atoms with Crippen molar-refractivity contribution in [2.24, 2.45) is 0 Å². The number of fused-ring (bicyclic) bond motifs is 1. The van der Waals surface area contributed by atoms with Gasteiger partial charge in [-0.1, -0.05) is 0 Å². The van der Waals surface area contributed by atoms with Crippen molar-refractivity contribution in [3.05, 3.63) is 24.0 Å². The molecular formula is C8H5FNOS. The molecule has 4 heteroatoms. The van der Waals surface area contributed by atoms with E-state index in [4.69, 9.17) is 0 Å². The van der Waals surface area contributed by atoms with E-state index in [0.29, 0.717) is 11.4 Å². The normalized spacial score (nSPS) is 15.2. The summed E-state index contributed by atoms with van der Waals surface area (Å²) in [5.41, 5.74) is 0.651. The van der Waals surface area contributed by atoms with Crippen LogP contribution in [0.15, 0.2) is 17.0 Å². The highest BCUT2D eigenvalue weighted by Gasteiger charge is 2.15. The lowest BCUT2D eigenvalue weighted by Crippen LogP contribution is -2.18. The van der Waals surface area contributed by atoms with Crippen LogP contribution < -0.4 is 5.32 Å². The van der Waals surface area contributed by atoms with Crippen molar-refractivity contribution < 1.29 is 9.18 Å². The van der Waals surface area contributed by atoms with Gasteiger partial charge in [-0.05, 0) is 12.1 Å². The van der Waals surface area contributed by atoms with Gasteiger partial charge in [0.05, 0.1) is 11.4 Å². The molecule has 1 amide bonds. The molecule has 1 aliphatic rings. The van der Waals surface area contributed by atoms with Crippen molar-refractivity contribution in [2.75, 3.05) is 11.1 Å². The summed E-state index contributed by atoms with van der Waals surface area (Å²) in [6, 6.07) is 5.21. The zero-order chi connectivity index (χ0) is 8.55. The summed E-state index contributed by atoms with van der Waals surface area (Å²) in [5, 5.41) is 2.63. The number of carbonyl (C=O) groups excluding carboxylic acids is 1. The lowest BCUT2D eigenvalue weighted by atomic mass is 10.3. The summed E-state index contributed by atoms with van der Waals surface area (Å²) >= 11 is 1.34. The molecule has 1 aromatic rings. The van der Waals surface area contributed by atoms with Gasteiger partial charge in [-0.25, -0.2) is 4.39 Å². The fourth-order valence-electron chi connectivity index (χ4n) is 0.993. The Morgan fingerprint density at radius 3 is 3.33 bits per heavy atom. The van der Waals surface area contributed by atoms with Crippen LogP contribution in [0.5, 0.6) is 0 Å². The third kappa shape index (κ3) is 1.30. The number of carbonyl (C=O) groups is 1. The molecular weight excluding hydrogens is 177 g/mol. The summed E-state index contributed by atoms with van der Waals surface area (Å²) < 4.78 is 12.6. The van der Waals surface area contributed by atoms with Crippen LogP contribution in [-0.4, -0.2) is 11.7 Å². The van der Waals surface area contributed by atoms with Crippen LogP contribution >= 0.6 is 11.8 Å². The third-order valence-corrected chi connectivity index (χ3v) is 2.57. The van der Waals surface area contributed by atoms with Crippen molar-refractivity contribution in [3.8, 4) is 0 Å². The molecule has 0 bridgehead atoms. The molecule has 0 spiro atoms. The third-order valence-electron chi connectivity index (χ3n) is 1.51. The van der Waals surface area contributed by atoms with E-state index in [0.717, 1.165) is 4.90 Å². The quantitative estimate of drug-likeness (QED) is 0.661. The molecule has 2 nitrogen and oxygen atoms in total. The largest absolute Gasteiger partial charge is 0.324 e. The van der Waals surface area contributed by atoms with E-state index in [1.54, 1.807) is 0 Å². The summed E-state index contributed by atoms with van der Waals surface area (Å²) in [7, 11) is 0. The van der Waals surface area contributed by atoms with Gasteiger partial charge in [-0.3, -0.25) is 4.79 Å². The number of hydrogen-bond acceptors (Lipinski definition) is 2. The van der Waals surface area contributed by atoms with Crippen LogP contribution in [0.4, 0.5) is 10.1 Å². The van der Waals surface area contributed by atoms with Crippen molar-refractivity contribution in [1.82, 2.24) is 0 Å². The van der Waals surface area contributed by atoms with Crippen LogP contribution in [0.1, 0.15) is 0 Å². The second-order valence-corrected chi connectivity index (χ2v) is 3.41. The lowest BCUT2D eigenvalue weighted by molar-refractivity contribution is -0.113. The Kier molecular flexibility index (Phi) is 1.77. The topological polar surface area (TPSA) is 29.1 Å². The molecule has 1 aromatic carbocycles. The van der Waals surface area contributed by atoms with E-state index < -0.39 is 5.82 Å². The van der Waals surface area contributed by atoms with Gasteiger partial charge in [-0.2, -0.15) is 0 Å². The Labute approximate surface area is 73.2 Å². The minimum absolute atomic E-state index is 0.0486. The molecule has 1 N–H and O–H groups in total. The predicted octanol–water partition coefficient (Wildman–Crippen LogP) is 1.67. The van der Waals surface area contributed by atoms with E-state index in [1.165, 1.54) is 23.9 Å². The van der Waals surface area contributed by atoms with Crippen LogP contribution in [0.3, 0.4) is 0 Å². The van der Waals surface area contributed by atoms with E-state index in [-0.39, 0.29) is 5.91 Å². The Bertz CT molecular complexity index is 340. The van der Waals surface area contributed by atoms with Gasteiger partial charge in [-0.15, -0.1) is 11.8 Å². The van der Waals surface area contributed by atoms with Gasteiger partial charge in [0.15, 0.2) is 0 Å². The molecule has 61 valence electrons. The number of nitrogens with one attached hydrogen (secondary N) is 1. The first-order valence-corrected chi connectivity index (χ1v) is 4.38. The molecule has 0 atom stereocenters. The number of rotatable bonds is 0. The molecule has 1 heterocycles. The van der Waals surface area contributed by atoms with Gasteiger partial charge in [0, 0.05) is 11.0 Å². The highest BCUT2D eigenvalue weighted by atomic mass is 32.2. The first kappa shape index (κ1) is 7.61. The Morgan fingerprint density at radius 2 is 2.50 bits per heavy atom. The average molecular weight is 182 g/mol. The van der Waals surface area contributed by atoms with Gasteiger partial charge >= 0.3 is 0 Å². The maximum atomic E-state index is 12.6. The standard InChI is InChI=1S/C8H5FNOS/c9-5-1-2-6-7(3-5)12-4-8(11)10-6/h2-3H,4H2,(H,10,11). The molecule has 0 saturated heterocycles. The highest BCUT2D eigenvalue weighted by Crippen LogP contribution is 2.31. The molecule has 1 aliphatic heterocycles. The van der Waals surface area contributed by atoms with Crippen molar-refractivity contribution >= 4 is 23.4 Å². The van der Waals surface area contributed by atoms with Crippen LogP contribution in [-0.2, 0) is 4.79 Å². The van der Waals surface area contributed by atoms with Gasteiger partial charge < -0.3 is 5.32 Å². The summed E-state index contributed by atoms with van der Waals surface area (Å²) in [5.74, 6) is -0.0823. The lowest BCUT2D eigenvalue weighted by Gasteiger charge is -2.15. The molecule has 12 heavy (non-hydrogen) atoms. The minimum atomic E-state index is -0.391. The highest BCUT2D eigenvalue weighted by molar-refractivity contribution is 8.00. The van der Waals surface area contributed by atoms with Gasteiger partial charge in [0.25, 0.3) is 0 Å². The number of benzene rings is 1. The van der Waals surface area contributed by atoms with Crippen molar-refractivity contribution in [3.63, 3.8) is 0 Å². The summed E-state index contributed by atoms with van der Waals surface area (Å²) in [6.07, 6.45) is 0. The second kappa shape index (κ2) is 2.79. The Hall–Kier alpha value is -1.03. The fraction of sp³-hybridized carbons (Fsp3) is 0.125. The second-order valence-electron chi connectivity index (χ2n) is 2.40. The molecule has 0 fully saturated rings. The van der Waals surface area contributed by atoms with Crippen LogP contribution in [0.2, 0.25) is 0 Å². The Balaban J connectivity index is 2.43. The minimum Gasteiger partial charge on any atom is -0.324 e. The Morgan fingerprint density at radius 1 is 1.67 bits per heavy atom. The molecule has 0 saturated carbocycles. The van der Waals surface area contributed by atoms with E-state index in [9.17, 15) is 9.18 Å². The number of anilines is 1. The molecule has 0 aromatic heterocycles. The fourth-order valence-corrected chi connectivity index (χ4v) is 1.80. The van der Waals surface area contributed by atoms with E-state index in [1.807, 2.05) is 0 Å². The number of halogens is 1. The van der Waals surface area contributed by atoms with Gasteiger partial charge in [0.2, 0.25) is 5.91 Å². The average Bonchev–Trinajstić information content (AvgIpc) is 2.05. The number of amides is 1. The molecule has 0 unspecified atom stereocenters. The van der Waals surface area contributed by atoms with Gasteiger partial charge in [0.1, 0.15) is 5.82 Å². The first-order chi connectivity index (χ1) is 5.75.